The topological polar surface area (TPSA) is 30.0 Å². The van der Waals surface area contributed by atoms with E-state index in [1.165, 1.54) is 0 Å². The van der Waals surface area contributed by atoms with Crippen molar-refractivity contribution in [3.63, 3.8) is 0 Å². The predicted octanol–water partition coefficient (Wildman–Crippen LogP) is 1.88. The Morgan fingerprint density at radius 3 is 3.00 bits per heavy atom. The lowest BCUT2D eigenvalue weighted by Gasteiger charge is -1.94. The van der Waals surface area contributed by atoms with E-state index >= 15 is 0 Å². The monoisotopic (exact) mass is 148 g/mol. The van der Waals surface area contributed by atoms with Crippen molar-refractivity contribution in [1.29, 1.82) is 0 Å². The Morgan fingerprint density at radius 2 is 2.45 bits per heavy atom. The summed E-state index contributed by atoms with van der Waals surface area (Å²) < 4.78 is 0. The van der Waals surface area contributed by atoms with Crippen LogP contribution in [0, 0.1) is 6.42 Å². The highest BCUT2D eigenvalue weighted by molar-refractivity contribution is 6.00. The van der Waals surface area contributed by atoms with Gasteiger partial charge in [-0.05, 0) is 18.6 Å². The number of hydrogen-bond donors (Lipinski definition) is 0. The summed E-state index contributed by atoms with van der Waals surface area (Å²) in [6, 6.07) is 5.32. The van der Waals surface area contributed by atoms with Gasteiger partial charge < -0.3 is 0 Å². The molecule has 1 radical (unpaired) electrons. The molecule has 0 spiro atoms. The number of hydrogen-bond acceptors (Lipinski definition) is 2. The Labute approximate surface area is 66.3 Å². The van der Waals surface area contributed by atoms with Crippen molar-refractivity contribution in [2.24, 2.45) is 0 Å². The molecule has 57 valence electrons. The quantitative estimate of drug-likeness (QED) is 0.612. The second-order valence-electron chi connectivity index (χ2n) is 2.19. The molecule has 11 heavy (non-hydrogen) atoms. The minimum absolute atomic E-state index is 0.00750. The summed E-state index contributed by atoms with van der Waals surface area (Å²) in [5.74, 6) is 0.00750. The van der Waals surface area contributed by atoms with E-state index in [0.29, 0.717) is 5.69 Å². The van der Waals surface area contributed by atoms with Crippen LogP contribution in [0.15, 0.2) is 24.4 Å². The van der Waals surface area contributed by atoms with Gasteiger partial charge in [-0.3, -0.25) is 9.78 Å². The summed E-state index contributed by atoms with van der Waals surface area (Å²) in [6.07, 6.45) is 4.01. The SMILES string of the molecule is CC[CH]C(=O)c1ccccn1. The molecular formula is C9H10NO. The van der Waals surface area contributed by atoms with Crippen LogP contribution in [-0.4, -0.2) is 10.8 Å². The van der Waals surface area contributed by atoms with Gasteiger partial charge in [0.05, 0.1) is 0 Å². The molecule has 0 unspecified atom stereocenters. The van der Waals surface area contributed by atoms with E-state index in [0.717, 1.165) is 6.42 Å². The predicted molar refractivity (Wildman–Crippen MR) is 43.2 cm³/mol. The molecule has 0 atom stereocenters. The molecule has 0 N–H and O–H groups in total. The van der Waals surface area contributed by atoms with E-state index in [1.807, 2.05) is 13.0 Å². The molecule has 0 saturated heterocycles. The zero-order valence-corrected chi connectivity index (χ0v) is 6.45. The van der Waals surface area contributed by atoms with E-state index in [2.05, 4.69) is 4.98 Å². The summed E-state index contributed by atoms with van der Waals surface area (Å²) in [4.78, 5) is 15.0. The van der Waals surface area contributed by atoms with Crippen LogP contribution in [0.1, 0.15) is 23.8 Å². The molecule has 0 fully saturated rings. The van der Waals surface area contributed by atoms with Crippen LogP contribution >= 0.6 is 0 Å². The van der Waals surface area contributed by atoms with Crippen molar-refractivity contribution in [3.8, 4) is 0 Å². The van der Waals surface area contributed by atoms with Gasteiger partial charge in [0.15, 0.2) is 5.78 Å². The van der Waals surface area contributed by atoms with Crippen LogP contribution in [0.4, 0.5) is 0 Å². The Hall–Kier alpha value is -1.18. The Morgan fingerprint density at radius 1 is 1.64 bits per heavy atom. The molecule has 1 aromatic rings. The molecular weight excluding hydrogens is 138 g/mol. The minimum Gasteiger partial charge on any atom is -0.292 e. The number of pyridine rings is 1. The van der Waals surface area contributed by atoms with E-state index in [9.17, 15) is 4.79 Å². The van der Waals surface area contributed by atoms with Crippen molar-refractivity contribution in [1.82, 2.24) is 4.98 Å². The molecule has 0 aliphatic carbocycles. The maximum Gasteiger partial charge on any atom is 0.184 e. The fraction of sp³-hybridized carbons (Fsp3) is 0.222. The van der Waals surface area contributed by atoms with Gasteiger partial charge in [0, 0.05) is 12.6 Å². The fourth-order valence-corrected chi connectivity index (χ4v) is 0.798. The first-order valence-corrected chi connectivity index (χ1v) is 3.63. The van der Waals surface area contributed by atoms with E-state index < -0.39 is 0 Å². The third kappa shape index (κ3) is 2.15. The highest BCUT2D eigenvalue weighted by Crippen LogP contribution is 1.99. The molecule has 1 aromatic heterocycles. The van der Waals surface area contributed by atoms with Crippen molar-refractivity contribution >= 4 is 5.78 Å². The Balaban J connectivity index is 2.69. The van der Waals surface area contributed by atoms with Crippen molar-refractivity contribution in [2.75, 3.05) is 0 Å². The lowest BCUT2D eigenvalue weighted by molar-refractivity contribution is 0.102. The van der Waals surface area contributed by atoms with Crippen molar-refractivity contribution in [3.05, 3.63) is 36.5 Å². The minimum atomic E-state index is 0.00750. The van der Waals surface area contributed by atoms with Crippen molar-refractivity contribution < 1.29 is 4.79 Å². The van der Waals surface area contributed by atoms with Gasteiger partial charge in [-0.1, -0.05) is 13.0 Å². The number of rotatable bonds is 3. The number of Topliss-reactive ketones (excluding diaryl/α,β-unsaturated/α-hetero) is 1. The molecule has 1 heterocycles. The van der Waals surface area contributed by atoms with Crippen LogP contribution in [0.5, 0.6) is 0 Å². The third-order valence-electron chi connectivity index (χ3n) is 1.31. The largest absolute Gasteiger partial charge is 0.292 e. The van der Waals surface area contributed by atoms with E-state index in [-0.39, 0.29) is 5.78 Å². The number of carbonyl (C=O) groups excluding carboxylic acids is 1. The first kappa shape index (κ1) is 7.92. The number of aromatic nitrogens is 1. The molecule has 0 saturated carbocycles. The smallest absolute Gasteiger partial charge is 0.184 e. The molecule has 0 aromatic carbocycles. The van der Waals surface area contributed by atoms with Gasteiger partial charge >= 0.3 is 0 Å². The second-order valence-corrected chi connectivity index (χ2v) is 2.19. The van der Waals surface area contributed by atoms with Crippen LogP contribution in [0.25, 0.3) is 0 Å². The first-order chi connectivity index (χ1) is 5.34. The van der Waals surface area contributed by atoms with Gasteiger partial charge in [0.2, 0.25) is 0 Å². The van der Waals surface area contributed by atoms with Gasteiger partial charge in [0.1, 0.15) is 5.69 Å². The summed E-state index contributed by atoms with van der Waals surface area (Å²) in [5.41, 5.74) is 0.523. The summed E-state index contributed by atoms with van der Waals surface area (Å²) in [5, 5.41) is 0. The molecule has 2 nitrogen and oxygen atoms in total. The van der Waals surface area contributed by atoms with Crippen LogP contribution in [0.3, 0.4) is 0 Å². The highest BCUT2D eigenvalue weighted by atomic mass is 16.1. The molecule has 0 amide bonds. The van der Waals surface area contributed by atoms with Gasteiger partial charge in [-0.25, -0.2) is 0 Å². The maximum absolute atomic E-state index is 11.1. The molecule has 1 rings (SSSR count). The summed E-state index contributed by atoms with van der Waals surface area (Å²) in [6.45, 7) is 1.93. The third-order valence-corrected chi connectivity index (χ3v) is 1.31. The summed E-state index contributed by atoms with van der Waals surface area (Å²) >= 11 is 0. The molecule has 0 aliphatic rings. The zero-order chi connectivity index (χ0) is 8.10. The first-order valence-electron chi connectivity index (χ1n) is 3.63. The maximum atomic E-state index is 11.1. The van der Waals surface area contributed by atoms with Gasteiger partial charge in [-0.2, -0.15) is 0 Å². The number of carbonyl (C=O) groups is 1. The average molecular weight is 148 g/mol. The van der Waals surface area contributed by atoms with Gasteiger partial charge in [0.25, 0.3) is 0 Å². The number of ketones is 1. The Bertz CT molecular complexity index is 231. The average Bonchev–Trinajstić information content (AvgIpc) is 2.07. The van der Waals surface area contributed by atoms with Crippen molar-refractivity contribution in [2.45, 2.75) is 13.3 Å². The van der Waals surface area contributed by atoms with E-state index in [4.69, 9.17) is 0 Å². The lowest BCUT2D eigenvalue weighted by Crippen LogP contribution is -2.00. The normalized spacial score (nSPS) is 9.55. The second kappa shape index (κ2) is 3.86. The van der Waals surface area contributed by atoms with Crippen LogP contribution < -0.4 is 0 Å². The standard InChI is InChI=1S/C9H10NO/c1-2-5-9(11)8-6-3-4-7-10-8/h3-7H,2H2,1H3. The summed E-state index contributed by atoms with van der Waals surface area (Å²) in [7, 11) is 0. The van der Waals surface area contributed by atoms with Gasteiger partial charge in [-0.15, -0.1) is 0 Å². The van der Waals surface area contributed by atoms with E-state index in [1.54, 1.807) is 24.8 Å². The molecule has 0 aliphatic heterocycles. The fourth-order valence-electron chi connectivity index (χ4n) is 0.798. The van der Waals surface area contributed by atoms with Crippen LogP contribution in [0.2, 0.25) is 0 Å². The van der Waals surface area contributed by atoms with Crippen LogP contribution in [-0.2, 0) is 0 Å². The Kier molecular flexibility index (Phi) is 2.78. The lowest BCUT2D eigenvalue weighted by atomic mass is 10.2. The molecule has 0 bridgehead atoms. The number of nitrogens with zero attached hydrogens (tertiary/aromatic N) is 1. The highest BCUT2D eigenvalue weighted by Gasteiger charge is 2.03. The zero-order valence-electron chi connectivity index (χ0n) is 6.45. The molecule has 2 heteroatoms.